The van der Waals surface area contributed by atoms with Crippen LogP contribution in [0.3, 0.4) is 0 Å². The smallest absolute Gasteiger partial charge is 0.233 e. The van der Waals surface area contributed by atoms with Gasteiger partial charge in [-0.15, -0.1) is 0 Å². The standard InChI is InChI=1S/C22H31N3O5/c1-15-6-7-19(30-15)18(24-10-12-29-13-11-24)14-23-20(26)8-9-25-21(27)16-4-2-3-5-17(16)22(25)28/h6-7,16-18H,2-5,8-14H2,1H3,(H,23,26)/t16-,17-,18-/m0/s1. The van der Waals surface area contributed by atoms with Crippen LogP contribution in [0.5, 0.6) is 0 Å². The van der Waals surface area contributed by atoms with Crippen LogP contribution >= 0.6 is 0 Å². The number of carbonyl (C=O) groups excluding carboxylic acids is 3. The number of hydrogen-bond donors (Lipinski definition) is 1. The van der Waals surface area contributed by atoms with Gasteiger partial charge in [0, 0.05) is 32.6 Å². The van der Waals surface area contributed by atoms with Gasteiger partial charge in [-0.3, -0.25) is 24.2 Å². The van der Waals surface area contributed by atoms with E-state index >= 15 is 0 Å². The van der Waals surface area contributed by atoms with E-state index in [1.165, 1.54) is 4.90 Å². The SMILES string of the molecule is Cc1ccc([C@H](CNC(=O)CCN2C(=O)[C@H]3CCCC[C@@H]3C2=O)N2CCOCC2)o1. The summed E-state index contributed by atoms with van der Waals surface area (Å²) < 4.78 is 11.3. The fraction of sp³-hybridized carbons (Fsp3) is 0.682. The molecule has 3 heterocycles. The lowest BCUT2D eigenvalue weighted by atomic mass is 9.81. The number of ether oxygens (including phenoxy) is 1. The van der Waals surface area contributed by atoms with Crippen molar-refractivity contribution in [3.05, 3.63) is 23.7 Å². The molecule has 0 bridgehead atoms. The average Bonchev–Trinajstić information content (AvgIpc) is 3.29. The Labute approximate surface area is 176 Å². The molecule has 1 aromatic rings. The Morgan fingerprint density at radius 3 is 2.40 bits per heavy atom. The van der Waals surface area contributed by atoms with E-state index in [9.17, 15) is 14.4 Å². The zero-order valence-corrected chi connectivity index (χ0v) is 17.6. The van der Waals surface area contributed by atoms with Crippen LogP contribution in [0, 0.1) is 18.8 Å². The summed E-state index contributed by atoms with van der Waals surface area (Å²) in [7, 11) is 0. The van der Waals surface area contributed by atoms with Crippen molar-refractivity contribution in [2.24, 2.45) is 11.8 Å². The first kappa shape index (κ1) is 21.1. The number of furan rings is 1. The van der Waals surface area contributed by atoms with Crippen molar-refractivity contribution in [2.75, 3.05) is 39.4 Å². The van der Waals surface area contributed by atoms with Gasteiger partial charge in [-0.05, 0) is 31.9 Å². The van der Waals surface area contributed by atoms with Crippen molar-refractivity contribution in [2.45, 2.75) is 45.1 Å². The van der Waals surface area contributed by atoms with Crippen molar-refractivity contribution < 1.29 is 23.5 Å². The molecule has 3 aliphatic rings. The molecule has 3 atom stereocenters. The molecule has 4 rings (SSSR count). The molecule has 1 aliphatic carbocycles. The number of hydrogen-bond acceptors (Lipinski definition) is 6. The average molecular weight is 418 g/mol. The van der Waals surface area contributed by atoms with E-state index in [0.29, 0.717) is 19.8 Å². The van der Waals surface area contributed by atoms with Gasteiger partial charge in [0.15, 0.2) is 0 Å². The predicted molar refractivity (Wildman–Crippen MR) is 108 cm³/mol. The molecular formula is C22H31N3O5. The van der Waals surface area contributed by atoms with Crippen LogP contribution in [0.2, 0.25) is 0 Å². The normalized spacial score (nSPS) is 26.0. The lowest BCUT2D eigenvalue weighted by Crippen LogP contribution is -2.44. The summed E-state index contributed by atoms with van der Waals surface area (Å²) in [5.41, 5.74) is 0. The minimum Gasteiger partial charge on any atom is -0.465 e. The molecule has 3 fully saturated rings. The largest absolute Gasteiger partial charge is 0.465 e. The summed E-state index contributed by atoms with van der Waals surface area (Å²) in [6, 6.07) is 3.81. The molecule has 1 N–H and O–H groups in total. The lowest BCUT2D eigenvalue weighted by molar-refractivity contribution is -0.140. The van der Waals surface area contributed by atoms with Crippen molar-refractivity contribution in [1.82, 2.24) is 15.1 Å². The first-order valence-electron chi connectivity index (χ1n) is 11.0. The Morgan fingerprint density at radius 1 is 1.13 bits per heavy atom. The summed E-state index contributed by atoms with van der Waals surface area (Å²) in [5, 5.41) is 2.97. The van der Waals surface area contributed by atoms with Crippen LogP contribution in [-0.2, 0) is 19.1 Å². The summed E-state index contributed by atoms with van der Waals surface area (Å²) in [6.45, 7) is 5.36. The Balaban J connectivity index is 1.31. The number of nitrogens with zero attached hydrogens (tertiary/aromatic N) is 2. The second kappa shape index (κ2) is 9.31. The van der Waals surface area contributed by atoms with E-state index in [2.05, 4.69) is 10.2 Å². The minimum absolute atomic E-state index is 0.0653. The van der Waals surface area contributed by atoms with Gasteiger partial charge in [0.05, 0.1) is 31.1 Å². The highest BCUT2D eigenvalue weighted by Gasteiger charge is 2.47. The Kier molecular flexibility index (Phi) is 6.53. The maximum atomic E-state index is 12.6. The zero-order valence-electron chi connectivity index (χ0n) is 17.6. The van der Waals surface area contributed by atoms with Crippen LogP contribution in [-0.4, -0.2) is 66.9 Å². The third-order valence-corrected chi connectivity index (χ3v) is 6.56. The van der Waals surface area contributed by atoms with Gasteiger partial charge in [0.25, 0.3) is 0 Å². The zero-order chi connectivity index (χ0) is 21.1. The summed E-state index contributed by atoms with van der Waals surface area (Å²) in [4.78, 5) is 41.2. The van der Waals surface area contributed by atoms with Crippen LogP contribution < -0.4 is 5.32 Å². The fourth-order valence-electron chi connectivity index (χ4n) is 4.89. The summed E-state index contributed by atoms with van der Waals surface area (Å²) >= 11 is 0. The van der Waals surface area contributed by atoms with E-state index < -0.39 is 0 Å². The number of amides is 3. The third kappa shape index (κ3) is 4.44. The molecule has 0 aromatic carbocycles. The van der Waals surface area contributed by atoms with E-state index in [4.69, 9.17) is 9.15 Å². The molecular weight excluding hydrogens is 386 g/mol. The Bertz CT molecular complexity index is 761. The summed E-state index contributed by atoms with van der Waals surface area (Å²) in [6.07, 6.45) is 3.72. The second-order valence-electron chi connectivity index (χ2n) is 8.49. The molecule has 0 radical (unpaired) electrons. The van der Waals surface area contributed by atoms with Crippen LogP contribution in [0.1, 0.15) is 49.7 Å². The molecule has 0 spiro atoms. The van der Waals surface area contributed by atoms with Gasteiger partial charge in [0.2, 0.25) is 17.7 Å². The first-order chi connectivity index (χ1) is 14.5. The maximum absolute atomic E-state index is 12.6. The number of carbonyl (C=O) groups is 3. The van der Waals surface area contributed by atoms with Gasteiger partial charge < -0.3 is 14.5 Å². The van der Waals surface area contributed by atoms with Crippen LogP contribution in [0.15, 0.2) is 16.5 Å². The highest BCUT2D eigenvalue weighted by Crippen LogP contribution is 2.38. The molecule has 2 saturated heterocycles. The molecule has 8 nitrogen and oxygen atoms in total. The summed E-state index contributed by atoms with van der Waals surface area (Å²) in [5.74, 6) is 0.992. The third-order valence-electron chi connectivity index (χ3n) is 6.56. The van der Waals surface area contributed by atoms with E-state index in [0.717, 1.165) is 50.3 Å². The molecule has 8 heteroatoms. The first-order valence-corrected chi connectivity index (χ1v) is 11.0. The topological polar surface area (TPSA) is 92.1 Å². The van der Waals surface area contributed by atoms with Crippen molar-refractivity contribution in [1.29, 1.82) is 0 Å². The van der Waals surface area contributed by atoms with E-state index in [1.807, 2.05) is 19.1 Å². The quantitative estimate of drug-likeness (QED) is 0.678. The van der Waals surface area contributed by atoms with E-state index in [-0.39, 0.29) is 48.6 Å². The second-order valence-corrected chi connectivity index (χ2v) is 8.49. The van der Waals surface area contributed by atoms with Crippen molar-refractivity contribution in [3.63, 3.8) is 0 Å². The molecule has 2 aliphatic heterocycles. The van der Waals surface area contributed by atoms with Gasteiger partial charge in [0.1, 0.15) is 11.5 Å². The number of likely N-dealkylation sites (tertiary alicyclic amines) is 1. The maximum Gasteiger partial charge on any atom is 0.233 e. The van der Waals surface area contributed by atoms with Crippen LogP contribution in [0.4, 0.5) is 0 Å². The monoisotopic (exact) mass is 417 g/mol. The Hall–Kier alpha value is -2.19. The van der Waals surface area contributed by atoms with Gasteiger partial charge >= 0.3 is 0 Å². The highest BCUT2D eigenvalue weighted by molar-refractivity contribution is 6.05. The fourth-order valence-corrected chi connectivity index (χ4v) is 4.89. The van der Waals surface area contributed by atoms with Gasteiger partial charge in [-0.1, -0.05) is 12.8 Å². The molecule has 3 amide bonds. The molecule has 0 unspecified atom stereocenters. The minimum atomic E-state index is -0.165. The number of nitrogens with one attached hydrogen (secondary N) is 1. The van der Waals surface area contributed by atoms with Gasteiger partial charge in [-0.2, -0.15) is 0 Å². The number of morpholine rings is 1. The molecule has 1 aromatic heterocycles. The lowest BCUT2D eigenvalue weighted by Gasteiger charge is -2.33. The highest BCUT2D eigenvalue weighted by atomic mass is 16.5. The van der Waals surface area contributed by atoms with Crippen molar-refractivity contribution in [3.8, 4) is 0 Å². The Morgan fingerprint density at radius 2 is 1.80 bits per heavy atom. The number of aryl methyl sites for hydroxylation is 1. The predicted octanol–water partition coefficient (Wildman–Crippen LogP) is 1.64. The van der Waals surface area contributed by atoms with Crippen molar-refractivity contribution >= 4 is 17.7 Å². The number of fused-ring (bicyclic) bond motifs is 1. The van der Waals surface area contributed by atoms with Gasteiger partial charge in [-0.25, -0.2) is 0 Å². The number of imide groups is 1. The van der Waals surface area contributed by atoms with Crippen LogP contribution in [0.25, 0.3) is 0 Å². The number of rotatable bonds is 7. The molecule has 1 saturated carbocycles. The van der Waals surface area contributed by atoms with E-state index in [1.54, 1.807) is 0 Å². The molecule has 30 heavy (non-hydrogen) atoms. The molecule has 164 valence electrons.